The zero-order chi connectivity index (χ0) is 18.3. The fourth-order valence-electron chi connectivity index (χ4n) is 4.29. The average molecular weight is 355 g/mol. The van der Waals surface area contributed by atoms with Crippen LogP contribution >= 0.6 is 0 Å². The van der Waals surface area contributed by atoms with E-state index >= 15 is 0 Å². The normalized spacial score (nSPS) is 23.1. The molecule has 1 fully saturated rings. The molecule has 2 aliphatic rings. The molecule has 5 nitrogen and oxygen atoms in total. The van der Waals surface area contributed by atoms with E-state index in [4.69, 9.17) is 9.47 Å². The molecule has 3 heterocycles. The van der Waals surface area contributed by atoms with Crippen LogP contribution in [0.4, 0.5) is 0 Å². The van der Waals surface area contributed by atoms with Crippen LogP contribution in [0.2, 0.25) is 0 Å². The lowest BCUT2D eigenvalue weighted by atomic mass is 9.93. The Balaban J connectivity index is 1.43. The average Bonchev–Trinajstić information content (AvgIpc) is 3.32. The van der Waals surface area contributed by atoms with Crippen molar-refractivity contribution in [1.29, 1.82) is 0 Å². The Morgan fingerprint density at radius 3 is 2.92 bits per heavy atom. The van der Waals surface area contributed by atoms with Crippen molar-refractivity contribution in [2.75, 3.05) is 19.8 Å². The smallest absolute Gasteiger partial charge is 0.122 e. The first kappa shape index (κ1) is 17.6. The molecule has 4 rings (SSSR count). The minimum Gasteiger partial charge on any atom is -0.493 e. The van der Waals surface area contributed by atoms with Gasteiger partial charge in [0.25, 0.3) is 0 Å². The van der Waals surface area contributed by atoms with Gasteiger partial charge in [0.05, 0.1) is 18.4 Å². The van der Waals surface area contributed by atoms with Crippen LogP contribution in [-0.2, 0) is 18.2 Å². The van der Waals surface area contributed by atoms with Crippen LogP contribution in [0, 0.1) is 19.8 Å². The molecule has 0 aliphatic carbocycles. The molecular weight excluding hydrogens is 326 g/mol. The summed E-state index contributed by atoms with van der Waals surface area (Å²) in [5, 5.41) is 8.30. The number of rotatable bonds is 5. The number of aromatic nitrogens is 2. The summed E-state index contributed by atoms with van der Waals surface area (Å²) in [5.74, 6) is 1.53. The zero-order valence-electron chi connectivity index (χ0n) is 16.2. The minimum absolute atomic E-state index is 0.150. The van der Waals surface area contributed by atoms with Crippen LogP contribution in [0.15, 0.2) is 18.2 Å². The zero-order valence-corrected chi connectivity index (χ0v) is 16.2. The molecule has 2 aliphatic heterocycles. The Morgan fingerprint density at radius 2 is 2.15 bits per heavy atom. The highest BCUT2D eigenvalue weighted by Gasteiger charge is 2.33. The van der Waals surface area contributed by atoms with Crippen LogP contribution in [0.1, 0.15) is 53.6 Å². The van der Waals surface area contributed by atoms with Gasteiger partial charge in [-0.1, -0.05) is 12.1 Å². The van der Waals surface area contributed by atoms with Gasteiger partial charge in [-0.25, -0.2) is 0 Å². The largest absolute Gasteiger partial charge is 0.493 e. The third kappa shape index (κ3) is 3.14. The minimum atomic E-state index is 0.150. The summed E-state index contributed by atoms with van der Waals surface area (Å²) in [6, 6.07) is 6.90. The summed E-state index contributed by atoms with van der Waals surface area (Å²) in [6.45, 7) is 9.05. The van der Waals surface area contributed by atoms with Crippen molar-refractivity contribution in [3.05, 3.63) is 46.3 Å². The van der Waals surface area contributed by atoms with E-state index in [2.05, 4.69) is 49.4 Å². The van der Waals surface area contributed by atoms with E-state index in [9.17, 15) is 0 Å². The van der Waals surface area contributed by atoms with E-state index in [1.807, 2.05) is 11.7 Å². The van der Waals surface area contributed by atoms with Gasteiger partial charge in [0.2, 0.25) is 0 Å². The number of hydrogen-bond donors (Lipinski definition) is 1. The molecule has 3 atom stereocenters. The highest BCUT2D eigenvalue weighted by atomic mass is 16.5. The molecule has 1 aromatic heterocycles. The predicted octanol–water partition coefficient (Wildman–Crippen LogP) is 3.40. The van der Waals surface area contributed by atoms with Gasteiger partial charge in [0, 0.05) is 49.8 Å². The van der Waals surface area contributed by atoms with E-state index in [1.165, 1.54) is 22.4 Å². The standard InChI is InChI=1S/C21H29N3O2/c1-13(16-5-6-19-17(11-16)7-9-25-19)22-12-18-8-10-26-21(18)20-14(2)23-24(4)15(20)3/h5-6,11,13,18,21-22H,7-10,12H2,1-4H3/t13?,18-,21+/m1/s1. The van der Waals surface area contributed by atoms with Gasteiger partial charge in [-0.15, -0.1) is 0 Å². The van der Waals surface area contributed by atoms with Gasteiger partial charge in [-0.05, 0) is 44.4 Å². The highest BCUT2D eigenvalue weighted by molar-refractivity contribution is 5.40. The van der Waals surface area contributed by atoms with Crippen LogP contribution in [0.25, 0.3) is 0 Å². The number of aryl methyl sites for hydroxylation is 2. The summed E-state index contributed by atoms with van der Waals surface area (Å²) in [6.07, 6.45) is 2.27. The number of hydrogen-bond acceptors (Lipinski definition) is 4. The number of benzene rings is 1. The highest BCUT2D eigenvalue weighted by Crippen LogP contribution is 2.37. The van der Waals surface area contributed by atoms with Crippen LogP contribution < -0.4 is 10.1 Å². The Hall–Kier alpha value is -1.85. The molecule has 1 aromatic carbocycles. The maximum atomic E-state index is 6.12. The summed E-state index contributed by atoms with van der Waals surface area (Å²) in [4.78, 5) is 0. The summed E-state index contributed by atoms with van der Waals surface area (Å²) in [5.41, 5.74) is 6.25. The van der Waals surface area contributed by atoms with Crippen molar-refractivity contribution in [3.63, 3.8) is 0 Å². The quantitative estimate of drug-likeness (QED) is 0.893. The number of nitrogens with one attached hydrogen (secondary N) is 1. The first-order valence-electron chi connectivity index (χ1n) is 9.65. The van der Waals surface area contributed by atoms with Gasteiger partial charge in [0.1, 0.15) is 5.75 Å². The lowest BCUT2D eigenvalue weighted by Gasteiger charge is -2.22. The fraction of sp³-hybridized carbons (Fsp3) is 0.571. The van der Waals surface area contributed by atoms with E-state index in [0.29, 0.717) is 12.0 Å². The maximum Gasteiger partial charge on any atom is 0.122 e. The van der Waals surface area contributed by atoms with Crippen molar-refractivity contribution in [2.45, 2.75) is 45.8 Å². The van der Waals surface area contributed by atoms with E-state index in [-0.39, 0.29) is 6.10 Å². The third-order valence-corrected chi connectivity index (χ3v) is 5.96. The molecule has 2 aromatic rings. The van der Waals surface area contributed by atoms with Crippen LogP contribution in [-0.4, -0.2) is 29.5 Å². The second-order valence-corrected chi connectivity index (χ2v) is 7.64. The SMILES string of the molecule is Cc1nn(C)c(C)c1[C@H]1OCC[C@@H]1CNC(C)c1ccc2c(c1)CCO2. The van der Waals surface area contributed by atoms with Crippen LogP contribution in [0.3, 0.4) is 0 Å². The van der Waals surface area contributed by atoms with Gasteiger partial charge >= 0.3 is 0 Å². The molecular formula is C21H29N3O2. The Labute approximate surface area is 155 Å². The second-order valence-electron chi connectivity index (χ2n) is 7.64. The maximum absolute atomic E-state index is 6.12. The molecule has 0 spiro atoms. The van der Waals surface area contributed by atoms with Crippen molar-refractivity contribution in [3.8, 4) is 5.75 Å². The lowest BCUT2D eigenvalue weighted by molar-refractivity contribution is 0.0888. The molecule has 1 saturated heterocycles. The van der Waals surface area contributed by atoms with Crippen molar-refractivity contribution >= 4 is 0 Å². The van der Waals surface area contributed by atoms with Crippen molar-refractivity contribution in [2.24, 2.45) is 13.0 Å². The molecule has 5 heteroatoms. The number of ether oxygens (including phenoxy) is 2. The third-order valence-electron chi connectivity index (χ3n) is 5.96. The Kier molecular flexibility index (Phi) is 4.76. The lowest BCUT2D eigenvalue weighted by Crippen LogP contribution is -2.27. The topological polar surface area (TPSA) is 48.3 Å². The molecule has 0 saturated carbocycles. The van der Waals surface area contributed by atoms with Crippen molar-refractivity contribution < 1.29 is 9.47 Å². The van der Waals surface area contributed by atoms with E-state index in [0.717, 1.165) is 44.0 Å². The molecule has 1 N–H and O–H groups in total. The molecule has 1 unspecified atom stereocenters. The molecule has 0 radical (unpaired) electrons. The van der Waals surface area contributed by atoms with E-state index in [1.54, 1.807) is 0 Å². The van der Waals surface area contributed by atoms with Crippen LogP contribution in [0.5, 0.6) is 5.75 Å². The fourth-order valence-corrected chi connectivity index (χ4v) is 4.29. The first-order chi connectivity index (χ1) is 12.5. The van der Waals surface area contributed by atoms with Gasteiger partial charge in [-0.2, -0.15) is 5.10 Å². The molecule has 140 valence electrons. The monoisotopic (exact) mass is 355 g/mol. The van der Waals surface area contributed by atoms with Gasteiger partial charge in [0.15, 0.2) is 0 Å². The summed E-state index contributed by atoms with van der Waals surface area (Å²) in [7, 11) is 2.01. The van der Waals surface area contributed by atoms with Gasteiger partial charge < -0.3 is 14.8 Å². The first-order valence-corrected chi connectivity index (χ1v) is 9.65. The second kappa shape index (κ2) is 7.05. The van der Waals surface area contributed by atoms with Gasteiger partial charge in [-0.3, -0.25) is 4.68 Å². The summed E-state index contributed by atoms with van der Waals surface area (Å²) < 4.78 is 13.7. The Morgan fingerprint density at radius 1 is 1.31 bits per heavy atom. The predicted molar refractivity (Wildman–Crippen MR) is 102 cm³/mol. The summed E-state index contributed by atoms with van der Waals surface area (Å²) >= 11 is 0. The molecule has 26 heavy (non-hydrogen) atoms. The van der Waals surface area contributed by atoms with Crippen molar-refractivity contribution in [1.82, 2.24) is 15.1 Å². The number of fused-ring (bicyclic) bond motifs is 1. The molecule has 0 bridgehead atoms. The van der Waals surface area contributed by atoms with E-state index < -0.39 is 0 Å². The Bertz CT molecular complexity index is 799. The number of nitrogens with zero attached hydrogens (tertiary/aromatic N) is 2. The molecule has 0 amide bonds.